The first-order valence-corrected chi connectivity index (χ1v) is 6.24. The van der Waals surface area contributed by atoms with Crippen molar-refractivity contribution in [3.8, 4) is 6.07 Å². The molecule has 0 heterocycles. The van der Waals surface area contributed by atoms with E-state index in [0.29, 0.717) is 6.42 Å². The van der Waals surface area contributed by atoms with Crippen molar-refractivity contribution >= 4 is 17.5 Å². The van der Waals surface area contributed by atoms with E-state index in [9.17, 15) is 4.79 Å². The lowest BCUT2D eigenvalue weighted by molar-refractivity contribution is -0.119. The summed E-state index contributed by atoms with van der Waals surface area (Å²) < 4.78 is 0. The summed E-state index contributed by atoms with van der Waals surface area (Å²) in [7, 11) is 0. The molecule has 0 bridgehead atoms. The minimum Gasteiger partial charge on any atom is -0.298 e. The van der Waals surface area contributed by atoms with Gasteiger partial charge in [-0.1, -0.05) is 17.7 Å². The first-order valence-electron chi connectivity index (χ1n) is 5.36. The van der Waals surface area contributed by atoms with Crippen molar-refractivity contribution in [2.24, 2.45) is 5.92 Å². The number of benzene rings is 1. The smallest absolute Gasteiger partial charge is 0.151 e. The molecule has 0 spiro atoms. The second kappa shape index (κ2) is 4.71. The number of nitriles is 1. The van der Waals surface area contributed by atoms with Crippen LogP contribution in [0, 0.1) is 24.2 Å². The number of Topliss-reactive ketones (excluding diaryl/α,β-unsaturated/α-hetero) is 1. The molecule has 3 heteroatoms. The number of rotatable bonds is 2. The molecule has 0 saturated heterocycles. The van der Waals surface area contributed by atoms with E-state index in [0.717, 1.165) is 11.3 Å². The normalized spacial score (nSPS) is 24.4. The van der Waals surface area contributed by atoms with Crippen LogP contribution < -0.4 is 0 Å². The summed E-state index contributed by atoms with van der Waals surface area (Å²) in [5.74, 6) is -0.307. The molecular weight excluding hydrogens is 218 g/mol. The fourth-order valence-electron chi connectivity index (χ4n) is 1.89. The van der Waals surface area contributed by atoms with Gasteiger partial charge in [-0.25, -0.2) is 0 Å². The van der Waals surface area contributed by atoms with Crippen LogP contribution in [0.5, 0.6) is 0 Å². The first-order chi connectivity index (χ1) is 7.70. The molecule has 1 aliphatic carbocycles. The number of hydrogen-bond donors (Lipinski definition) is 0. The van der Waals surface area contributed by atoms with Gasteiger partial charge in [-0.2, -0.15) is 5.26 Å². The third-order valence-electron chi connectivity index (χ3n) is 2.84. The van der Waals surface area contributed by atoms with Crippen molar-refractivity contribution in [2.45, 2.75) is 29.9 Å². The van der Waals surface area contributed by atoms with Crippen molar-refractivity contribution in [1.82, 2.24) is 0 Å². The zero-order valence-electron chi connectivity index (χ0n) is 9.14. The number of aryl methyl sites for hydroxylation is 1. The third kappa shape index (κ3) is 2.28. The summed E-state index contributed by atoms with van der Waals surface area (Å²) in [5, 5.41) is 9.08. The van der Waals surface area contributed by atoms with Crippen molar-refractivity contribution in [1.29, 1.82) is 5.26 Å². The first kappa shape index (κ1) is 11.2. The second-order valence-electron chi connectivity index (χ2n) is 4.08. The van der Waals surface area contributed by atoms with Crippen LogP contribution in [-0.4, -0.2) is 11.0 Å². The molecule has 0 amide bonds. The second-order valence-corrected chi connectivity index (χ2v) is 5.39. The van der Waals surface area contributed by atoms with Crippen molar-refractivity contribution in [3.05, 3.63) is 29.8 Å². The number of hydrogen-bond acceptors (Lipinski definition) is 3. The Morgan fingerprint density at radius 2 is 2.06 bits per heavy atom. The van der Waals surface area contributed by atoms with Crippen LogP contribution in [0.3, 0.4) is 0 Å². The summed E-state index contributed by atoms with van der Waals surface area (Å²) in [4.78, 5) is 12.6. The molecule has 0 radical (unpaired) electrons. The Morgan fingerprint density at radius 3 is 2.69 bits per heavy atom. The highest BCUT2D eigenvalue weighted by Gasteiger charge is 2.35. The van der Waals surface area contributed by atoms with E-state index in [1.54, 1.807) is 11.8 Å². The Labute approximate surface area is 99.7 Å². The lowest BCUT2D eigenvalue weighted by atomic mass is 10.1. The fraction of sp³-hybridized carbons (Fsp3) is 0.385. The molecule has 82 valence electrons. The van der Waals surface area contributed by atoms with Crippen LogP contribution in [0.2, 0.25) is 0 Å². The maximum atomic E-state index is 11.4. The highest BCUT2D eigenvalue weighted by atomic mass is 32.2. The number of thioether (sulfide) groups is 1. The van der Waals surface area contributed by atoms with E-state index in [1.807, 2.05) is 6.92 Å². The maximum Gasteiger partial charge on any atom is 0.151 e. The Morgan fingerprint density at radius 1 is 1.38 bits per heavy atom. The minimum absolute atomic E-state index is 0.104. The number of carbonyl (C=O) groups excluding carboxylic acids is 1. The van der Waals surface area contributed by atoms with Crippen molar-refractivity contribution in [3.63, 3.8) is 0 Å². The van der Waals surface area contributed by atoms with Crippen molar-refractivity contribution in [2.75, 3.05) is 0 Å². The highest BCUT2D eigenvalue weighted by Crippen LogP contribution is 2.36. The molecule has 2 nitrogen and oxygen atoms in total. The van der Waals surface area contributed by atoms with Crippen LogP contribution in [0.15, 0.2) is 29.2 Å². The minimum atomic E-state index is -0.411. The van der Waals surface area contributed by atoms with Gasteiger partial charge >= 0.3 is 0 Å². The lowest BCUT2D eigenvalue weighted by Crippen LogP contribution is -2.13. The largest absolute Gasteiger partial charge is 0.298 e. The molecule has 1 fully saturated rings. The number of ketones is 1. The van der Waals surface area contributed by atoms with E-state index >= 15 is 0 Å². The van der Waals surface area contributed by atoms with Gasteiger partial charge in [0, 0.05) is 16.6 Å². The molecule has 16 heavy (non-hydrogen) atoms. The predicted molar refractivity (Wildman–Crippen MR) is 64.2 cm³/mol. The monoisotopic (exact) mass is 231 g/mol. The Balaban J connectivity index is 2.08. The van der Waals surface area contributed by atoms with Crippen LogP contribution in [-0.2, 0) is 4.79 Å². The van der Waals surface area contributed by atoms with Crippen molar-refractivity contribution < 1.29 is 4.79 Å². The maximum absolute atomic E-state index is 11.4. The molecule has 1 aromatic carbocycles. The van der Waals surface area contributed by atoms with Gasteiger partial charge < -0.3 is 0 Å². The van der Waals surface area contributed by atoms with E-state index in [-0.39, 0.29) is 11.0 Å². The van der Waals surface area contributed by atoms with Gasteiger partial charge in [0.25, 0.3) is 0 Å². The Bertz CT molecular complexity index is 432. The average molecular weight is 231 g/mol. The van der Waals surface area contributed by atoms with Crippen LogP contribution in [0.1, 0.15) is 18.4 Å². The fourth-order valence-corrected chi connectivity index (χ4v) is 3.11. The van der Waals surface area contributed by atoms with Gasteiger partial charge in [-0.15, -0.1) is 11.8 Å². The van der Waals surface area contributed by atoms with E-state index in [2.05, 4.69) is 30.3 Å². The molecule has 0 aliphatic heterocycles. The molecule has 1 aromatic rings. The SMILES string of the molecule is Cc1ccc(S[C@H]2CCC(=O)[C@@H]2C#N)cc1. The standard InChI is InChI=1S/C13H13NOS/c1-9-2-4-10(5-3-9)16-13-7-6-12(15)11(13)8-14/h2-5,11,13H,6-7H2,1H3/t11-,13-/m0/s1. The summed E-state index contributed by atoms with van der Waals surface area (Å²) in [6.45, 7) is 2.05. The highest BCUT2D eigenvalue weighted by molar-refractivity contribution is 8.00. The zero-order valence-corrected chi connectivity index (χ0v) is 9.96. The molecular formula is C13H13NOS. The zero-order chi connectivity index (χ0) is 11.5. The molecule has 2 atom stereocenters. The summed E-state index contributed by atoms with van der Waals surface area (Å²) in [6.07, 6.45) is 1.39. The van der Waals surface area contributed by atoms with Crippen LogP contribution >= 0.6 is 11.8 Å². The summed E-state index contributed by atoms with van der Waals surface area (Å²) in [5.41, 5.74) is 1.23. The van der Waals surface area contributed by atoms with Crippen LogP contribution in [0.4, 0.5) is 0 Å². The van der Waals surface area contributed by atoms with Gasteiger partial charge in [0.05, 0.1) is 6.07 Å². The van der Waals surface area contributed by atoms with E-state index in [1.165, 1.54) is 5.56 Å². The Kier molecular flexibility index (Phi) is 3.31. The molecule has 0 N–H and O–H groups in total. The quantitative estimate of drug-likeness (QED) is 0.785. The summed E-state index contributed by atoms with van der Waals surface area (Å²) >= 11 is 1.65. The third-order valence-corrected chi connectivity index (χ3v) is 4.20. The lowest BCUT2D eigenvalue weighted by Gasteiger charge is -2.11. The van der Waals surface area contributed by atoms with Gasteiger partial charge in [0.2, 0.25) is 0 Å². The van der Waals surface area contributed by atoms with E-state index < -0.39 is 5.92 Å². The van der Waals surface area contributed by atoms with Gasteiger partial charge in [-0.05, 0) is 25.5 Å². The van der Waals surface area contributed by atoms with E-state index in [4.69, 9.17) is 5.26 Å². The van der Waals surface area contributed by atoms with Gasteiger partial charge in [0.1, 0.15) is 5.92 Å². The molecule has 1 aliphatic rings. The predicted octanol–water partition coefficient (Wildman–Crippen LogP) is 2.96. The molecule has 0 aromatic heterocycles. The summed E-state index contributed by atoms with van der Waals surface area (Å²) in [6, 6.07) is 10.3. The number of carbonyl (C=O) groups is 1. The Hall–Kier alpha value is -1.27. The topological polar surface area (TPSA) is 40.9 Å². The molecule has 0 unspecified atom stereocenters. The van der Waals surface area contributed by atoms with Crippen LogP contribution in [0.25, 0.3) is 0 Å². The van der Waals surface area contributed by atoms with Gasteiger partial charge in [-0.3, -0.25) is 4.79 Å². The molecule has 2 rings (SSSR count). The molecule has 1 saturated carbocycles. The number of nitrogens with zero attached hydrogens (tertiary/aromatic N) is 1. The average Bonchev–Trinajstić information content (AvgIpc) is 2.63. The van der Waals surface area contributed by atoms with Gasteiger partial charge in [0.15, 0.2) is 5.78 Å².